The summed E-state index contributed by atoms with van der Waals surface area (Å²) in [5.41, 5.74) is -1.70. The SMILES string of the molecule is N#Cc1cc([N+](=O)[O-])cn(CC(=O)Nc2c(Cl)cc(Cl)cc2Cl)c1=O. The molecule has 8 nitrogen and oxygen atoms in total. The zero-order valence-corrected chi connectivity index (χ0v) is 14.4. The lowest BCUT2D eigenvalue weighted by atomic mass is 10.2. The number of pyridine rings is 1. The first-order valence-corrected chi connectivity index (χ1v) is 7.59. The quantitative estimate of drug-likeness (QED) is 0.623. The first kappa shape index (κ1) is 18.7. The molecule has 1 N–H and O–H groups in total. The van der Waals surface area contributed by atoms with Gasteiger partial charge in [0.1, 0.15) is 18.2 Å². The van der Waals surface area contributed by atoms with E-state index in [0.717, 1.165) is 16.8 Å². The van der Waals surface area contributed by atoms with Gasteiger partial charge in [0.15, 0.2) is 0 Å². The van der Waals surface area contributed by atoms with Gasteiger partial charge in [-0.15, -0.1) is 0 Å². The summed E-state index contributed by atoms with van der Waals surface area (Å²) >= 11 is 17.7. The largest absolute Gasteiger partial charge is 0.322 e. The number of nitrogens with one attached hydrogen (secondary N) is 1. The van der Waals surface area contributed by atoms with Gasteiger partial charge in [-0.2, -0.15) is 5.26 Å². The lowest BCUT2D eigenvalue weighted by molar-refractivity contribution is -0.385. The van der Waals surface area contributed by atoms with E-state index in [0.29, 0.717) is 0 Å². The fourth-order valence-corrected chi connectivity index (χ4v) is 2.82. The number of hydrogen-bond acceptors (Lipinski definition) is 5. The van der Waals surface area contributed by atoms with Gasteiger partial charge in [-0.1, -0.05) is 34.8 Å². The number of nitrogens with zero attached hydrogens (tertiary/aromatic N) is 3. The van der Waals surface area contributed by atoms with E-state index in [1.54, 1.807) is 6.07 Å². The summed E-state index contributed by atoms with van der Waals surface area (Å²) in [7, 11) is 0. The Labute approximate surface area is 155 Å². The summed E-state index contributed by atoms with van der Waals surface area (Å²) in [5, 5.41) is 22.6. The van der Waals surface area contributed by atoms with Crippen molar-refractivity contribution < 1.29 is 9.72 Å². The van der Waals surface area contributed by atoms with Crippen molar-refractivity contribution in [3.8, 4) is 6.07 Å². The molecule has 0 atom stereocenters. The number of carbonyl (C=O) groups excluding carboxylic acids is 1. The molecule has 0 radical (unpaired) electrons. The monoisotopic (exact) mass is 400 g/mol. The topological polar surface area (TPSA) is 118 Å². The van der Waals surface area contributed by atoms with Gasteiger partial charge in [0.25, 0.3) is 11.2 Å². The molecule has 11 heteroatoms. The van der Waals surface area contributed by atoms with Crippen LogP contribution in [0.2, 0.25) is 15.1 Å². The lowest BCUT2D eigenvalue weighted by Crippen LogP contribution is -2.29. The number of benzene rings is 1. The van der Waals surface area contributed by atoms with Gasteiger partial charge in [0, 0.05) is 11.1 Å². The highest BCUT2D eigenvalue weighted by atomic mass is 35.5. The van der Waals surface area contributed by atoms with Gasteiger partial charge in [0.05, 0.1) is 26.9 Å². The van der Waals surface area contributed by atoms with Crippen molar-refractivity contribution in [1.29, 1.82) is 5.26 Å². The molecule has 0 aliphatic rings. The summed E-state index contributed by atoms with van der Waals surface area (Å²) in [4.78, 5) is 34.2. The molecule has 1 aromatic heterocycles. The van der Waals surface area contributed by atoms with Crippen LogP contribution in [0.25, 0.3) is 0 Å². The third kappa shape index (κ3) is 4.28. The number of nitro groups is 1. The maximum Gasteiger partial charge on any atom is 0.287 e. The van der Waals surface area contributed by atoms with Crippen molar-refractivity contribution in [3.05, 3.63) is 65.5 Å². The van der Waals surface area contributed by atoms with Crippen LogP contribution in [0, 0.1) is 21.4 Å². The molecule has 0 aliphatic heterocycles. The average molecular weight is 402 g/mol. The molecule has 1 heterocycles. The number of aromatic nitrogens is 1. The van der Waals surface area contributed by atoms with Crippen molar-refractivity contribution in [2.75, 3.05) is 5.32 Å². The predicted octanol–water partition coefficient (Wildman–Crippen LogP) is 3.23. The van der Waals surface area contributed by atoms with Crippen LogP contribution in [0.5, 0.6) is 0 Å². The normalized spacial score (nSPS) is 10.2. The molecule has 0 saturated heterocycles. The number of carbonyl (C=O) groups is 1. The lowest BCUT2D eigenvalue weighted by Gasteiger charge is -2.11. The molecule has 2 rings (SSSR count). The molecule has 0 aliphatic carbocycles. The highest BCUT2D eigenvalue weighted by molar-refractivity contribution is 6.42. The van der Waals surface area contributed by atoms with E-state index < -0.39 is 34.2 Å². The van der Waals surface area contributed by atoms with Crippen molar-refractivity contribution >= 4 is 52.1 Å². The Morgan fingerprint density at radius 3 is 2.40 bits per heavy atom. The maximum atomic E-state index is 12.1. The molecule has 1 amide bonds. The van der Waals surface area contributed by atoms with E-state index in [1.807, 2.05) is 0 Å². The minimum Gasteiger partial charge on any atom is -0.322 e. The third-order valence-corrected chi connectivity index (χ3v) is 3.80. The highest BCUT2D eigenvalue weighted by Crippen LogP contribution is 2.33. The number of halogens is 3. The molecule has 0 fully saturated rings. The fraction of sp³-hybridized carbons (Fsp3) is 0.0714. The smallest absolute Gasteiger partial charge is 0.287 e. The van der Waals surface area contributed by atoms with Crippen molar-refractivity contribution in [2.24, 2.45) is 0 Å². The van der Waals surface area contributed by atoms with Crippen LogP contribution in [0.1, 0.15) is 5.56 Å². The Bertz CT molecular complexity index is 958. The van der Waals surface area contributed by atoms with E-state index in [9.17, 15) is 19.7 Å². The standard InChI is InChI=1S/C14H7Cl3N4O4/c15-8-2-10(16)13(11(17)3-8)19-12(22)6-20-5-9(21(24)25)1-7(4-18)14(20)23/h1-3,5H,6H2,(H,19,22). The third-order valence-electron chi connectivity index (χ3n) is 2.99. The molecule has 0 bridgehead atoms. The van der Waals surface area contributed by atoms with Crippen molar-refractivity contribution in [3.63, 3.8) is 0 Å². The maximum absolute atomic E-state index is 12.1. The van der Waals surface area contributed by atoms with Crippen LogP contribution in [-0.4, -0.2) is 15.4 Å². The molecular formula is C14H7Cl3N4O4. The van der Waals surface area contributed by atoms with Gasteiger partial charge in [0.2, 0.25) is 5.91 Å². The zero-order valence-electron chi connectivity index (χ0n) is 12.1. The zero-order chi connectivity index (χ0) is 18.7. The highest BCUT2D eigenvalue weighted by Gasteiger charge is 2.17. The Balaban J connectivity index is 2.33. The van der Waals surface area contributed by atoms with Crippen LogP contribution < -0.4 is 10.9 Å². The molecule has 25 heavy (non-hydrogen) atoms. The van der Waals surface area contributed by atoms with Gasteiger partial charge in [-0.05, 0) is 12.1 Å². The van der Waals surface area contributed by atoms with E-state index in [-0.39, 0.29) is 20.8 Å². The fourth-order valence-electron chi connectivity index (χ4n) is 1.91. The molecule has 2 aromatic rings. The van der Waals surface area contributed by atoms with Crippen molar-refractivity contribution in [2.45, 2.75) is 6.54 Å². The van der Waals surface area contributed by atoms with Crippen molar-refractivity contribution in [1.82, 2.24) is 4.57 Å². The molecule has 128 valence electrons. The van der Waals surface area contributed by atoms with Gasteiger partial charge in [-0.3, -0.25) is 24.3 Å². The molecule has 0 unspecified atom stereocenters. The van der Waals surface area contributed by atoms with Gasteiger partial charge in [-0.25, -0.2) is 0 Å². The molecular weight excluding hydrogens is 395 g/mol. The number of hydrogen-bond donors (Lipinski definition) is 1. The summed E-state index contributed by atoms with van der Waals surface area (Å²) in [6, 6.07) is 5.11. The number of nitriles is 1. The van der Waals surface area contributed by atoms with Gasteiger partial charge >= 0.3 is 0 Å². The van der Waals surface area contributed by atoms with Crippen LogP contribution in [-0.2, 0) is 11.3 Å². The van der Waals surface area contributed by atoms with E-state index >= 15 is 0 Å². The summed E-state index contributed by atoms with van der Waals surface area (Å²) in [6.45, 7) is -0.579. The van der Waals surface area contributed by atoms with Crippen LogP contribution in [0.3, 0.4) is 0 Å². The average Bonchev–Trinajstić information content (AvgIpc) is 2.52. The Morgan fingerprint density at radius 2 is 1.88 bits per heavy atom. The molecule has 0 spiro atoms. The Hall–Kier alpha value is -2.60. The minimum atomic E-state index is -0.837. The van der Waals surface area contributed by atoms with Gasteiger partial charge < -0.3 is 5.32 Å². The van der Waals surface area contributed by atoms with E-state index in [2.05, 4.69) is 5.32 Å². The Morgan fingerprint density at radius 1 is 1.28 bits per heavy atom. The van der Waals surface area contributed by atoms with E-state index in [1.165, 1.54) is 12.1 Å². The van der Waals surface area contributed by atoms with E-state index in [4.69, 9.17) is 40.1 Å². The number of rotatable bonds is 4. The summed E-state index contributed by atoms with van der Waals surface area (Å²) in [5.74, 6) is -0.724. The first-order valence-electron chi connectivity index (χ1n) is 6.46. The second kappa shape index (κ2) is 7.53. The second-order valence-corrected chi connectivity index (χ2v) is 5.96. The van der Waals surface area contributed by atoms with Crippen LogP contribution >= 0.6 is 34.8 Å². The Kier molecular flexibility index (Phi) is 5.64. The second-order valence-electron chi connectivity index (χ2n) is 4.71. The van der Waals surface area contributed by atoms with Crippen LogP contribution in [0.4, 0.5) is 11.4 Å². The minimum absolute atomic E-state index is 0.0787. The predicted molar refractivity (Wildman–Crippen MR) is 92.2 cm³/mol. The summed E-state index contributed by atoms with van der Waals surface area (Å²) in [6.07, 6.45) is 0.869. The molecule has 1 aromatic carbocycles. The number of anilines is 1. The van der Waals surface area contributed by atoms with Crippen LogP contribution in [0.15, 0.2) is 29.2 Å². The number of amides is 1. The summed E-state index contributed by atoms with van der Waals surface area (Å²) < 4.78 is 0.754. The first-order chi connectivity index (χ1) is 11.7. The molecule has 0 saturated carbocycles.